The highest BCUT2D eigenvalue weighted by Crippen LogP contribution is 2.10. The van der Waals surface area contributed by atoms with Crippen LogP contribution in [0.25, 0.3) is 0 Å². The van der Waals surface area contributed by atoms with E-state index in [-0.39, 0.29) is 5.91 Å². The first-order valence-electron chi connectivity index (χ1n) is 6.10. The van der Waals surface area contributed by atoms with Crippen LogP contribution in [0.5, 0.6) is 0 Å². The zero-order valence-electron chi connectivity index (χ0n) is 10.7. The molecule has 0 aliphatic rings. The second kappa shape index (κ2) is 6.34. The van der Waals surface area contributed by atoms with Crippen molar-refractivity contribution < 1.29 is 4.79 Å². The highest BCUT2D eigenvalue weighted by atomic mass is 35.5. The average molecular weight is 275 g/mol. The summed E-state index contributed by atoms with van der Waals surface area (Å²) in [5.74, 6) is 0.480. The number of hydrogen-bond acceptors (Lipinski definition) is 2. The van der Waals surface area contributed by atoms with E-state index < -0.39 is 0 Å². The Balaban J connectivity index is 1.84. The van der Waals surface area contributed by atoms with E-state index in [1.165, 1.54) is 11.8 Å². The van der Waals surface area contributed by atoms with Crippen LogP contribution < -0.4 is 5.32 Å². The summed E-state index contributed by atoms with van der Waals surface area (Å²) in [6.07, 6.45) is 2.67. The number of halogens is 1. The van der Waals surface area contributed by atoms with Gasteiger partial charge in [-0.25, -0.2) is 4.98 Å². The summed E-state index contributed by atoms with van der Waals surface area (Å²) in [7, 11) is 0. The monoisotopic (exact) mass is 274 g/mol. The Labute approximate surface area is 117 Å². The summed E-state index contributed by atoms with van der Waals surface area (Å²) < 4.78 is 0. The molecule has 1 amide bonds. The molecule has 0 saturated heterocycles. The Morgan fingerprint density at radius 3 is 2.58 bits per heavy atom. The topological polar surface area (TPSA) is 42.0 Å². The molecule has 1 N–H and O–H groups in total. The van der Waals surface area contributed by atoms with Crippen LogP contribution in [0.1, 0.15) is 17.5 Å². The van der Waals surface area contributed by atoms with Crippen LogP contribution in [0.2, 0.25) is 5.02 Å². The first-order valence-corrected chi connectivity index (χ1v) is 6.48. The fourth-order valence-corrected chi connectivity index (χ4v) is 1.78. The van der Waals surface area contributed by atoms with E-state index in [1.807, 2.05) is 31.2 Å². The van der Waals surface area contributed by atoms with E-state index in [2.05, 4.69) is 10.3 Å². The van der Waals surface area contributed by atoms with Crippen LogP contribution in [0, 0.1) is 6.92 Å². The Bertz CT molecular complexity index is 549. The lowest BCUT2D eigenvalue weighted by molar-refractivity contribution is -0.116. The van der Waals surface area contributed by atoms with Crippen molar-refractivity contribution in [2.45, 2.75) is 19.8 Å². The molecular weight excluding hydrogens is 260 g/mol. The second-order valence-corrected chi connectivity index (χ2v) is 4.83. The van der Waals surface area contributed by atoms with Crippen molar-refractivity contribution in [3.05, 3.63) is 58.7 Å². The predicted octanol–water partition coefficient (Wildman–Crippen LogP) is 3.61. The molecule has 1 heterocycles. The number of carbonyl (C=O) groups is 1. The maximum absolute atomic E-state index is 11.8. The lowest BCUT2D eigenvalue weighted by Gasteiger charge is -2.05. The first-order chi connectivity index (χ1) is 9.13. The van der Waals surface area contributed by atoms with Crippen molar-refractivity contribution in [1.29, 1.82) is 0 Å². The van der Waals surface area contributed by atoms with E-state index >= 15 is 0 Å². The molecule has 2 rings (SSSR count). The van der Waals surface area contributed by atoms with Gasteiger partial charge in [-0.05, 0) is 31.0 Å². The molecule has 2 aromatic rings. The summed E-state index contributed by atoms with van der Waals surface area (Å²) in [4.78, 5) is 15.8. The van der Waals surface area contributed by atoms with Gasteiger partial charge in [0.1, 0.15) is 5.82 Å². The van der Waals surface area contributed by atoms with Crippen molar-refractivity contribution >= 4 is 23.3 Å². The highest BCUT2D eigenvalue weighted by molar-refractivity contribution is 6.30. The molecule has 0 bridgehead atoms. The smallest absolute Gasteiger partial charge is 0.225 e. The maximum Gasteiger partial charge on any atom is 0.225 e. The van der Waals surface area contributed by atoms with Crippen molar-refractivity contribution in [1.82, 2.24) is 4.98 Å². The number of anilines is 1. The van der Waals surface area contributed by atoms with Gasteiger partial charge in [0.2, 0.25) is 5.91 Å². The average Bonchev–Trinajstić information content (AvgIpc) is 2.41. The van der Waals surface area contributed by atoms with E-state index in [9.17, 15) is 4.79 Å². The summed E-state index contributed by atoms with van der Waals surface area (Å²) in [5.41, 5.74) is 2.38. The van der Waals surface area contributed by atoms with Gasteiger partial charge in [0.25, 0.3) is 0 Å². The SMILES string of the molecule is Cc1ccc(CCC(=O)Nc2ccc(Cl)cn2)cc1. The maximum atomic E-state index is 11.8. The lowest BCUT2D eigenvalue weighted by Crippen LogP contribution is -2.13. The minimum atomic E-state index is -0.0459. The van der Waals surface area contributed by atoms with Gasteiger partial charge in [-0.15, -0.1) is 0 Å². The third-order valence-corrected chi connectivity index (χ3v) is 2.98. The van der Waals surface area contributed by atoms with Gasteiger partial charge in [-0.1, -0.05) is 41.4 Å². The second-order valence-electron chi connectivity index (χ2n) is 4.40. The number of aryl methyl sites for hydroxylation is 2. The highest BCUT2D eigenvalue weighted by Gasteiger charge is 2.04. The third kappa shape index (κ3) is 4.38. The van der Waals surface area contributed by atoms with Crippen LogP contribution >= 0.6 is 11.6 Å². The molecule has 0 aliphatic heterocycles. The Morgan fingerprint density at radius 2 is 1.95 bits per heavy atom. The normalized spacial score (nSPS) is 10.2. The van der Waals surface area contributed by atoms with Gasteiger partial charge in [-0.3, -0.25) is 4.79 Å². The van der Waals surface area contributed by atoms with Crippen LogP contribution in [-0.4, -0.2) is 10.9 Å². The Kier molecular flexibility index (Phi) is 4.53. The number of nitrogens with zero attached hydrogens (tertiary/aromatic N) is 1. The molecule has 1 aromatic carbocycles. The lowest BCUT2D eigenvalue weighted by atomic mass is 10.1. The molecular formula is C15H15ClN2O. The van der Waals surface area contributed by atoms with Crippen molar-refractivity contribution in [2.24, 2.45) is 0 Å². The molecule has 0 spiro atoms. The van der Waals surface area contributed by atoms with Gasteiger partial charge in [0.15, 0.2) is 0 Å². The summed E-state index contributed by atoms with van der Waals surface area (Å²) in [5, 5.41) is 3.30. The Morgan fingerprint density at radius 1 is 1.21 bits per heavy atom. The van der Waals surface area contributed by atoms with Crippen molar-refractivity contribution in [2.75, 3.05) is 5.32 Å². The van der Waals surface area contributed by atoms with E-state index in [0.29, 0.717) is 17.3 Å². The van der Waals surface area contributed by atoms with Gasteiger partial charge in [0, 0.05) is 12.6 Å². The number of benzene rings is 1. The fraction of sp³-hybridized carbons (Fsp3) is 0.200. The number of nitrogens with one attached hydrogen (secondary N) is 1. The fourth-order valence-electron chi connectivity index (χ4n) is 1.67. The zero-order chi connectivity index (χ0) is 13.7. The third-order valence-electron chi connectivity index (χ3n) is 2.76. The number of hydrogen-bond donors (Lipinski definition) is 1. The zero-order valence-corrected chi connectivity index (χ0v) is 11.4. The molecule has 1 aromatic heterocycles. The largest absolute Gasteiger partial charge is 0.311 e. The molecule has 0 fully saturated rings. The molecule has 0 aliphatic carbocycles. The van der Waals surface area contributed by atoms with Gasteiger partial charge in [-0.2, -0.15) is 0 Å². The molecule has 0 saturated carbocycles. The van der Waals surface area contributed by atoms with Gasteiger partial charge in [0.05, 0.1) is 5.02 Å². The van der Waals surface area contributed by atoms with Crippen molar-refractivity contribution in [3.63, 3.8) is 0 Å². The number of pyridine rings is 1. The molecule has 0 radical (unpaired) electrons. The van der Waals surface area contributed by atoms with E-state index in [1.54, 1.807) is 12.1 Å². The van der Waals surface area contributed by atoms with Crippen LogP contribution in [-0.2, 0) is 11.2 Å². The van der Waals surface area contributed by atoms with Gasteiger partial charge >= 0.3 is 0 Å². The molecule has 98 valence electrons. The number of aromatic nitrogens is 1. The van der Waals surface area contributed by atoms with Crippen molar-refractivity contribution in [3.8, 4) is 0 Å². The van der Waals surface area contributed by atoms with Crippen LogP contribution in [0.4, 0.5) is 5.82 Å². The molecule has 19 heavy (non-hydrogen) atoms. The van der Waals surface area contributed by atoms with E-state index in [4.69, 9.17) is 11.6 Å². The Hall–Kier alpha value is -1.87. The molecule has 0 atom stereocenters. The van der Waals surface area contributed by atoms with Crippen LogP contribution in [0.15, 0.2) is 42.6 Å². The molecule has 4 heteroatoms. The molecule has 3 nitrogen and oxygen atoms in total. The van der Waals surface area contributed by atoms with Crippen LogP contribution in [0.3, 0.4) is 0 Å². The minimum Gasteiger partial charge on any atom is -0.311 e. The summed E-state index contributed by atoms with van der Waals surface area (Å²) >= 11 is 5.73. The quantitative estimate of drug-likeness (QED) is 0.925. The van der Waals surface area contributed by atoms with E-state index in [0.717, 1.165) is 12.0 Å². The standard InChI is InChI=1S/C15H15ClN2O/c1-11-2-4-12(5-3-11)6-9-15(19)18-14-8-7-13(16)10-17-14/h2-5,7-8,10H,6,9H2,1H3,(H,17,18,19). The first kappa shape index (κ1) is 13.6. The summed E-state index contributed by atoms with van der Waals surface area (Å²) in [6, 6.07) is 11.6. The molecule has 0 unspecified atom stereocenters. The summed E-state index contributed by atoms with van der Waals surface area (Å²) in [6.45, 7) is 2.04. The number of amides is 1. The number of carbonyl (C=O) groups excluding carboxylic acids is 1. The minimum absolute atomic E-state index is 0.0459. The number of rotatable bonds is 4. The van der Waals surface area contributed by atoms with Gasteiger partial charge < -0.3 is 5.32 Å². The predicted molar refractivity (Wildman–Crippen MR) is 77.4 cm³/mol.